The van der Waals surface area contributed by atoms with Crippen molar-refractivity contribution in [1.82, 2.24) is 15.0 Å². The van der Waals surface area contributed by atoms with Crippen molar-refractivity contribution in [3.8, 4) is 0 Å². The predicted octanol–water partition coefficient (Wildman–Crippen LogP) is 1.72. The van der Waals surface area contributed by atoms with Crippen LogP contribution < -0.4 is 0 Å². The molecule has 1 N–H and O–H groups in total. The lowest BCUT2D eigenvalue weighted by Gasteiger charge is -1.87. The van der Waals surface area contributed by atoms with Crippen molar-refractivity contribution in [2.75, 3.05) is 0 Å². The SMILES string of the molecule is Brc1cncc2[nH]cnc12. The van der Waals surface area contributed by atoms with Crippen molar-refractivity contribution < 1.29 is 0 Å². The van der Waals surface area contributed by atoms with Gasteiger partial charge in [0, 0.05) is 6.20 Å². The fourth-order valence-corrected chi connectivity index (χ4v) is 1.27. The van der Waals surface area contributed by atoms with E-state index in [0.717, 1.165) is 15.5 Å². The van der Waals surface area contributed by atoms with Crippen LogP contribution in [0.1, 0.15) is 0 Å². The Morgan fingerprint density at radius 3 is 3.10 bits per heavy atom. The van der Waals surface area contributed by atoms with Crippen molar-refractivity contribution in [3.63, 3.8) is 0 Å². The van der Waals surface area contributed by atoms with Crippen LogP contribution in [0.3, 0.4) is 0 Å². The summed E-state index contributed by atoms with van der Waals surface area (Å²) in [5.41, 5.74) is 1.88. The maximum Gasteiger partial charge on any atom is 0.106 e. The Labute approximate surface area is 65.6 Å². The van der Waals surface area contributed by atoms with Gasteiger partial charge in [0.15, 0.2) is 0 Å². The summed E-state index contributed by atoms with van der Waals surface area (Å²) in [5.74, 6) is 0. The van der Waals surface area contributed by atoms with Crippen molar-refractivity contribution in [2.24, 2.45) is 0 Å². The van der Waals surface area contributed by atoms with E-state index in [1.807, 2.05) is 0 Å². The Hall–Kier alpha value is -0.900. The fraction of sp³-hybridized carbons (Fsp3) is 0. The lowest BCUT2D eigenvalue weighted by molar-refractivity contribution is 1.32. The van der Waals surface area contributed by atoms with Gasteiger partial charge in [0.05, 0.1) is 22.5 Å². The Bertz CT molecular complexity index is 355. The van der Waals surface area contributed by atoms with Gasteiger partial charge in [-0.25, -0.2) is 4.98 Å². The van der Waals surface area contributed by atoms with Crippen LogP contribution in [0.5, 0.6) is 0 Å². The average Bonchev–Trinajstić information content (AvgIpc) is 2.36. The Morgan fingerprint density at radius 1 is 1.40 bits per heavy atom. The molecule has 0 spiro atoms. The van der Waals surface area contributed by atoms with Gasteiger partial charge in [-0.1, -0.05) is 0 Å². The van der Waals surface area contributed by atoms with E-state index < -0.39 is 0 Å². The first kappa shape index (κ1) is 5.85. The first-order valence-electron chi connectivity index (χ1n) is 2.80. The van der Waals surface area contributed by atoms with E-state index in [9.17, 15) is 0 Å². The highest BCUT2D eigenvalue weighted by Gasteiger charge is 1.98. The summed E-state index contributed by atoms with van der Waals surface area (Å²) >= 11 is 3.33. The molecule has 0 bridgehead atoms. The van der Waals surface area contributed by atoms with Crippen LogP contribution in [0.15, 0.2) is 23.2 Å². The molecule has 2 heterocycles. The highest BCUT2D eigenvalue weighted by molar-refractivity contribution is 9.10. The van der Waals surface area contributed by atoms with E-state index in [2.05, 4.69) is 30.9 Å². The highest BCUT2D eigenvalue weighted by atomic mass is 79.9. The lowest BCUT2D eigenvalue weighted by atomic mass is 10.4. The maximum atomic E-state index is 4.08. The number of rotatable bonds is 0. The minimum Gasteiger partial charge on any atom is -0.343 e. The predicted molar refractivity (Wildman–Crippen MR) is 41.6 cm³/mol. The summed E-state index contributed by atoms with van der Waals surface area (Å²) in [4.78, 5) is 11.0. The van der Waals surface area contributed by atoms with E-state index in [-0.39, 0.29) is 0 Å². The van der Waals surface area contributed by atoms with Crippen molar-refractivity contribution in [2.45, 2.75) is 0 Å². The molecule has 0 unspecified atom stereocenters. The lowest BCUT2D eigenvalue weighted by Crippen LogP contribution is -1.74. The molecule has 0 fully saturated rings. The van der Waals surface area contributed by atoms with E-state index in [1.54, 1.807) is 18.7 Å². The van der Waals surface area contributed by atoms with Gasteiger partial charge in [0.25, 0.3) is 0 Å². The summed E-state index contributed by atoms with van der Waals surface area (Å²) in [7, 11) is 0. The molecule has 0 radical (unpaired) electrons. The molecule has 0 amide bonds. The fourth-order valence-electron chi connectivity index (χ4n) is 0.831. The second-order valence-corrected chi connectivity index (χ2v) is 2.77. The molecular weight excluding hydrogens is 194 g/mol. The van der Waals surface area contributed by atoms with Gasteiger partial charge in [-0.2, -0.15) is 0 Å². The first-order chi connectivity index (χ1) is 4.88. The number of hydrogen-bond donors (Lipinski definition) is 1. The van der Waals surface area contributed by atoms with Gasteiger partial charge < -0.3 is 4.98 Å². The number of aromatic amines is 1. The standard InChI is InChI=1S/C6H4BrN3/c7-4-1-8-2-5-6(4)10-3-9-5/h1-3H,(H,9,10). The molecule has 4 heteroatoms. The van der Waals surface area contributed by atoms with Gasteiger partial charge >= 0.3 is 0 Å². The zero-order valence-electron chi connectivity index (χ0n) is 5.00. The van der Waals surface area contributed by atoms with Crippen LogP contribution in [-0.4, -0.2) is 15.0 Å². The molecule has 10 heavy (non-hydrogen) atoms. The van der Waals surface area contributed by atoms with Crippen LogP contribution >= 0.6 is 15.9 Å². The summed E-state index contributed by atoms with van der Waals surface area (Å²) in [6, 6.07) is 0. The van der Waals surface area contributed by atoms with E-state index >= 15 is 0 Å². The first-order valence-corrected chi connectivity index (χ1v) is 3.60. The van der Waals surface area contributed by atoms with Crippen LogP contribution in [0, 0.1) is 0 Å². The van der Waals surface area contributed by atoms with E-state index in [4.69, 9.17) is 0 Å². The summed E-state index contributed by atoms with van der Waals surface area (Å²) in [6.07, 6.45) is 5.12. The Morgan fingerprint density at radius 2 is 2.30 bits per heavy atom. The second kappa shape index (κ2) is 2.05. The number of hydrogen-bond acceptors (Lipinski definition) is 2. The molecule has 0 aliphatic rings. The topological polar surface area (TPSA) is 41.6 Å². The van der Waals surface area contributed by atoms with Gasteiger partial charge in [-0.3, -0.25) is 4.98 Å². The van der Waals surface area contributed by atoms with Crippen LogP contribution in [0.2, 0.25) is 0 Å². The Kier molecular flexibility index (Phi) is 1.20. The summed E-state index contributed by atoms with van der Waals surface area (Å²) in [6.45, 7) is 0. The zero-order valence-corrected chi connectivity index (χ0v) is 6.59. The molecule has 0 aliphatic carbocycles. The van der Waals surface area contributed by atoms with Crippen molar-refractivity contribution in [1.29, 1.82) is 0 Å². The summed E-state index contributed by atoms with van der Waals surface area (Å²) in [5, 5.41) is 0. The molecule has 2 aromatic rings. The molecule has 0 aliphatic heterocycles. The van der Waals surface area contributed by atoms with Gasteiger partial charge in [0.1, 0.15) is 5.52 Å². The van der Waals surface area contributed by atoms with Crippen molar-refractivity contribution in [3.05, 3.63) is 23.2 Å². The minimum atomic E-state index is 0.922. The van der Waals surface area contributed by atoms with Crippen LogP contribution in [0.4, 0.5) is 0 Å². The molecular formula is C6H4BrN3. The molecule has 0 aromatic carbocycles. The second-order valence-electron chi connectivity index (χ2n) is 1.92. The van der Waals surface area contributed by atoms with Gasteiger partial charge in [-0.05, 0) is 15.9 Å². The molecule has 50 valence electrons. The zero-order chi connectivity index (χ0) is 6.97. The van der Waals surface area contributed by atoms with Crippen LogP contribution in [0.25, 0.3) is 11.0 Å². The summed E-state index contributed by atoms with van der Waals surface area (Å²) < 4.78 is 0.922. The van der Waals surface area contributed by atoms with Gasteiger partial charge in [-0.15, -0.1) is 0 Å². The smallest absolute Gasteiger partial charge is 0.106 e. The number of halogens is 1. The van der Waals surface area contributed by atoms with Crippen molar-refractivity contribution >= 4 is 27.0 Å². The minimum absolute atomic E-state index is 0.922. The third-order valence-corrected chi connectivity index (χ3v) is 1.87. The molecule has 0 saturated heterocycles. The van der Waals surface area contributed by atoms with E-state index in [0.29, 0.717) is 0 Å². The quantitative estimate of drug-likeness (QED) is 0.700. The molecule has 2 aromatic heterocycles. The molecule has 2 rings (SSSR count). The number of pyridine rings is 1. The average molecular weight is 198 g/mol. The maximum absolute atomic E-state index is 4.08. The van der Waals surface area contributed by atoms with E-state index in [1.165, 1.54) is 0 Å². The number of H-pyrrole nitrogens is 1. The normalized spacial score (nSPS) is 10.5. The monoisotopic (exact) mass is 197 g/mol. The number of nitrogens with zero attached hydrogens (tertiary/aromatic N) is 2. The third kappa shape index (κ3) is 0.724. The Balaban J connectivity index is 2.95. The molecule has 3 nitrogen and oxygen atoms in total. The molecule has 0 atom stereocenters. The highest BCUT2D eigenvalue weighted by Crippen LogP contribution is 2.17. The number of aromatic nitrogens is 3. The number of nitrogens with one attached hydrogen (secondary N) is 1. The third-order valence-electron chi connectivity index (χ3n) is 1.29. The molecule has 0 saturated carbocycles. The van der Waals surface area contributed by atoms with Crippen LogP contribution in [-0.2, 0) is 0 Å². The number of fused-ring (bicyclic) bond motifs is 1. The van der Waals surface area contributed by atoms with Gasteiger partial charge in [0.2, 0.25) is 0 Å². The largest absolute Gasteiger partial charge is 0.343 e. The number of imidazole rings is 1.